The number of hydrogen-bond donors (Lipinski definition) is 1. The molecule has 0 saturated carbocycles. The lowest BCUT2D eigenvalue weighted by molar-refractivity contribution is 0.224. The molecule has 1 aromatic carbocycles. The summed E-state index contributed by atoms with van der Waals surface area (Å²) in [5.74, 6) is 1.26. The molecular weight excluding hydrogens is 245 g/mol. The smallest absolute Gasteiger partial charge is 0.165 e. The van der Waals surface area contributed by atoms with Gasteiger partial charge >= 0.3 is 0 Å². The number of piperidine rings is 1. The van der Waals surface area contributed by atoms with Crippen LogP contribution in [0.5, 0.6) is 11.5 Å². The molecule has 1 aromatic rings. The number of halogens is 1. The van der Waals surface area contributed by atoms with Gasteiger partial charge in [0.1, 0.15) is 5.82 Å². The number of benzene rings is 1. The van der Waals surface area contributed by atoms with Crippen molar-refractivity contribution in [2.45, 2.75) is 38.7 Å². The van der Waals surface area contributed by atoms with Gasteiger partial charge in [0.2, 0.25) is 0 Å². The molecule has 1 aliphatic heterocycles. The average Bonchev–Trinajstić information content (AvgIpc) is 2.40. The van der Waals surface area contributed by atoms with Gasteiger partial charge in [-0.1, -0.05) is 0 Å². The Kier molecular flexibility index (Phi) is 4.64. The summed E-state index contributed by atoms with van der Waals surface area (Å²) in [4.78, 5) is 0. The fourth-order valence-corrected chi connectivity index (χ4v) is 2.54. The van der Waals surface area contributed by atoms with Crippen LogP contribution in [0.15, 0.2) is 12.1 Å². The maximum absolute atomic E-state index is 13.7. The van der Waals surface area contributed by atoms with Crippen molar-refractivity contribution < 1.29 is 13.9 Å². The van der Waals surface area contributed by atoms with Crippen molar-refractivity contribution in [2.24, 2.45) is 0 Å². The Labute approximate surface area is 114 Å². The lowest BCUT2D eigenvalue weighted by Gasteiger charge is -2.26. The standard InChI is InChI=1S/C15H22FNO2/c1-10(2)19-15-13(11-4-6-17-7-5-11)8-12(16)9-14(15)18-3/h8-11,17H,4-7H2,1-3H3. The van der Waals surface area contributed by atoms with Crippen molar-refractivity contribution in [2.75, 3.05) is 20.2 Å². The van der Waals surface area contributed by atoms with E-state index in [1.807, 2.05) is 13.8 Å². The normalized spacial score (nSPS) is 16.7. The average molecular weight is 267 g/mol. The molecule has 4 heteroatoms. The van der Waals surface area contributed by atoms with E-state index in [9.17, 15) is 4.39 Å². The number of methoxy groups -OCH3 is 1. The van der Waals surface area contributed by atoms with E-state index in [0.29, 0.717) is 17.4 Å². The molecule has 2 rings (SSSR count). The van der Waals surface area contributed by atoms with Gasteiger partial charge < -0.3 is 14.8 Å². The highest BCUT2D eigenvalue weighted by Gasteiger charge is 2.23. The van der Waals surface area contributed by atoms with Gasteiger partial charge in [0.05, 0.1) is 13.2 Å². The zero-order valence-corrected chi connectivity index (χ0v) is 11.8. The number of hydrogen-bond acceptors (Lipinski definition) is 3. The third-order valence-electron chi connectivity index (χ3n) is 3.40. The largest absolute Gasteiger partial charge is 0.493 e. The molecule has 0 unspecified atom stereocenters. The van der Waals surface area contributed by atoms with Gasteiger partial charge in [-0.25, -0.2) is 4.39 Å². The Balaban J connectivity index is 2.40. The molecule has 0 aromatic heterocycles. The Bertz CT molecular complexity index is 428. The fourth-order valence-electron chi connectivity index (χ4n) is 2.54. The molecule has 0 amide bonds. The second-order valence-electron chi connectivity index (χ2n) is 5.22. The summed E-state index contributed by atoms with van der Waals surface area (Å²) in [5.41, 5.74) is 0.937. The lowest BCUT2D eigenvalue weighted by Crippen LogP contribution is -2.27. The summed E-state index contributed by atoms with van der Waals surface area (Å²) in [7, 11) is 1.55. The summed E-state index contributed by atoms with van der Waals surface area (Å²) in [6.45, 7) is 5.86. The van der Waals surface area contributed by atoms with Crippen LogP contribution in [-0.4, -0.2) is 26.3 Å². The first-order chi connectivity index (χ1) is 9.11. The molecule has 0 atom stereocenters. The van der Waals surface area contributed by atoms with Crippen molar-refractivity contribution in [3.05, 3.63) is 23.5 Å². The van der Waals surface area contributed by atoms with Crippen LogP contribution in [0.2, 0.25) is 0 Å². The van der Waals surface area contributed by atoms with E-state index < -0.39 is 0 Å². The van der Waals surface area contributed by atoms with Crippen LogP contribution in [0.25, 0.3) is 0 Å². The van der Waals surface area contributed by atoms with Crippen LogP contribution in [0.4, 0.5) is 4.39 Å². The van der Waals surface area contributed by atoms with Gasteiger partial charge in [0.15, 0.2) is 11.5 Å². The molecule has 106 valence electrons. The number of ether oxygens (including phenoxy) is 2. The van der Waals surface area contributed by atoms with Crippen molar-refractivity contribution in [1.82, 2.24) is 5.32 Å². The summed E-state index contributed by atoms with van der Waals surface area (Å²) in [5, 5.41) is 3.32. The van der Waals surface area contributed by atoms with Crippen molar-refractivity contribution in [3.63, 3.8) is 0 Å². The first-order valence-electron chi connectivity index (χ1n) is 6.86. The Morgan fingerprint density at radius 3 is 2.53 bits per heavy atom. The summed E-state index contributed by atoms with van der Waals surface area (Å²) in [6.07, 6.45) is 2.04. The van der Waals surface area contributed by atoms with E-state index in [-0.39, 0.29) is 11.9 Å². The molecule has 1 saturated heterocycles. The molecular formula is C15H22FNO2. The van der Waals surface area contributed by atoms with E-state index >= 15 is 0 Å². The Morgan fingerprint density at radius 2 is 1.95 bits per heavy atom. The van der Waals surface area contributed by atoms with Crippen LogP contribution in [0.3, 0.4) is 0 Å². The maximum atomic E-state index is 13.7. The SMILES string of the molecule is COc1cc(F)cc(C2CCNCC2)c1OC(C)C. The Morgan fingerprint density at radius 1 is 1.26 bits per heavy atom. The van der Waals surface area contributed by atoms with E-state index in [4.69, 9.17) is 9.47 Å². The van der Waals surface area contributed by atoms with Gasteiger partial charge in [0.25, 0.3) is 0 Å². The van der Waals surface area contributed by atoms with Crippen molar-refractivity contribution in [3.8, 4) is 11.5 Å². The number of rotatable bonds is 4. The van der Waals surface area contributed by atoms with Crippen molar-refractivity contribution >= 4 is 0 Å². The quantitative estimate of drug-likeness (QED) is 0.909. The van der Waals surface area contributed by atoms with Crippen molar-refractivity contribution in [1.29, 1.82) is 0 Å². The topological polar surface area (TPSA) is 30.5 Å². The van der Waals surface area contributed by atoms with E-state index in [0.717, 1.165) is 31.5 Å². The molecule has 0 bridgehead atoms. The molecule has 1 N–H and O–H groups in total. The molecule has 1 aliphatic rings. The third-order valence-corrected chi connectivity index (χ3v) is 3.40. The van der Waals surface area contributed by atoms with Gasteiger partial charge in [-0.3, -0.25) is 0 Å². The molecule has 0 spiro atoms. The van der Waals surface area contributed by atoms with Gasteiger partial charge in [-0.05, 0) is 51.8 Å². The highest BCUT2D eigenvalue weighted by Crippen LogP contribution is 2.40. The van der Waals surface area contributed by atoms with Gasteiger partial charge in [0, 0.05) is 11.6 Å². The van der Waals surface area contributed by atoms with Crippen LogP contribution in [0.1, 0.15) is 38.2 Å². The summed E-state index contributed by atoms with van der Waals surface area (Å²) >= 11 is 0. The summed E-state index contributed by atoms with van der Waals surface area (Å²) in [6, 6.07) is 2.98. The zero-order chi connectivity index (χ0) is 13.8. The maximum Gasteiger partial charge on any atom is 0.165 e. The third kappa shape index (κ3) is 3.38. The molecule has 0 radical (unpaired) electrons. The monoisotopic (exact) mass is 267 g/mol. The summed E-state index contributed by atoms with van der Waals surface area (Å²) < 4.78 is 24.9. The first kappa shape index (κ1) is 14.1. The minimum absolute atomic E-state index is 0.0415. The fraction of sp³-hybridized carbons (Fsp3) is 0.600. The van der Waals surface area contributed by atoms with Gasteiger partial charge in [-0.15, -0.1) is 0 Å². The minimum Gasteiger partial charge on any atom is -0.493 e. The minimum atomic E-state index is -0.263. The second kappa shape index (κ2) is 6.24. The van der Waals surface area contributed by atoms with E-state index in [1.54, 1.807) is 13.2 Å². The molecule has 3 nitrogen and oxygen atoms in total. The van der Waals surface area contributed by atoms with Crippen LogP contribution < -0.4 is 14.8 Å². The molecule has 1 fully saturated rings. The lowest BCUT2D eigenvalue weighted by atomic mass is 9.89. The number of nitrogens with one attached hydrogen (secondary N) is 1. The zero-order valence-electron chi connectivity index (χ0n) is 11.8. The van der Waals surface area contributed by atoms with Gasteiger partial charge in [-0.2, -0.15) is 0 Å². The highest BCUT2D eigenvalue weighted by atomic mass is 19.1. The predicted octanol–water partition coefficient (Wildman–Crippen LogP) is 3.09. The van der Waals surface area contributed by atoms with E-state index in [2.05, 4.69) is 5.32 Å². The predicted molar refractivity (Wildman–Crippen MR) is 73.6 cm³/mol. The highest BCUT2D eigenvalue weighted by molar-refractivity contribution is 5.49. The van der Waals surface area contributed by atoms with Crippen LogP contribution in [0, 0.1) is 5.82 Å². The van der Waals surface area contributed by atoms with Crippen LogP contribution in [-0.2, 0) is 0 Å². The second-order valence-corrected chi connectivity index (χ2v) is 5.22. The molecule has 1 heterocycles. The van der Waals surface area contributed by atoms with E-state index in [1.165, 1.54) is 6.07 Å². The first-order valence-corrected chi connectivity index (χ1v) is 6.86. The Hall–Kier alpha value is -1.29. The van der Waals surface area contributed by atoms with Crippen LogP contribution >= 0.6 is 0 Å². The molecule has 19 heavy (non-hydrogen) atoms. The molecule has 0 aliphatic carbocycles.